The van der Waals surface area contributed by atoms with Crippen LogP contribution in [0.25, 0.3) is 10.8 Å². The largest absolute Gasteiger partial charge is 0.507 e. The van der Waals surface area contributed by atoms with E-state index in [9.17, 15) is 9.90 Å². The molecule has 30 heavy (non-hydrogen) atoms. The molecule has 1 aliphatic heterocycles. The van der Waals surface area contributed by atoms with Crippen molar-refractivity contribution >= 4 is 22.4 Å². The van der Waals surface area contributed by atoms with Crippen molar-refractivity contribution in [3.05, 3.63) is 114 Å². The van der Waals surface area contributed by atoms with Crippen LogP contribution in [-0.4, -0.2) is 21.7 Å². The normalized spacial score (nSPS) is 15.9. The number of aromatic hydroxyl groups is 1. The highest BCUT2D eigenvalue weighted by molar-refractivity contribution is 6.10. The Morgan fingerprint density at radius 1 is 0.833 bits per heavy atom. The van der Waals surface area contributed by atoms with Crippen LogP contribution in [0, 0.1) is 0 Å². The summed E-state index contributed by atoms with van der Waals surface area (Å²) in [5.74, 6) is 0.0485. The number of hydrazone groups is 1. The summed E-state index contributed by atoms with van der Waals surface area (Å²) in [6, 6.07) is 30.4. The van der Waals surface area contributed by atoms with Gasteiger partial charge in [-0.2, -0.15) is 5.10 Å². The van der Waals surface area contributed by atoms with Crippen LogP contribution < -0.4 is 0 Å². The molecule has 4 nitrogen and oxygen atoms in total. The minimum absolute atomic E-state index is 0.153. The maximum absolute atomic E-state index is 13.3. The van der Waals surface area contributed by atoms with E-state index >= 15 is 0 Å². The van der Waals surface area contributed by atoms with E-state index < -0.39 is 0 Å². The Morgan fingerprint density at radius 2 is 1.50 bits per heavy atom. The molecule has 1 atom stereocenters. The first-order chi connectivity index (χ1) is 14.7. The van der Waals surface area contributed by atoms with Gasteiger partial charge in [0.25, 0.3) is 5.91 Å². The molecule has 146 valence electrons. The molecule has 0 saturated heterocycles. The molecule has 0 spiro atoms. The monoisotopic (exact) mass is 392 g/mol. The second kappa shape index (κ2) is 7.48. The predicted octanol–water partition coefficient (Wildman–Crippen LogP) is 5.54. The Kier molecular flexibility index (Phi) is 4.52. The third kappa shape index (κ3) is 3.12. The molecule has 0 saturated carbocycles. The average molecular weight is 392 g/mol. The SMILES string of the molecule is O=C(c1ccccc1)N1N=C(c2ccc3ccccc3c2O)CC1c1ccccc1. The average Bonchev–Trinajstić information content (AvgIpc) is 3.25. The zero-order chi connectivity index (χ0) is 20.5. The van der Waals surface area contributed by atoms with Crippen molar-refractivity contribution in [2.75, 3.05) is 0 Å². The fraction of sp³-hybridized carbons (Fsp3) is 0.0769. The lowest BCUT2D eigenvalue weighted by Gasteiger charge is -2.22. The molecule has 1 N–H and O–H groups in total. The highest BCUT2D eigenvalue weighted by Crippen LogP contribution is 2.37. The molecule has 4 aromatic rings. The van der Waals surface area contributed by atoms with Gasteiger partial charge in [-0.15, -0.1) is 0 Å². The maximum Gasteiger partial charge on any atom is 0.274 e. The van der Waals surface area contributed by atoms with Crippen LogP contribution >= 0.6 is 0 Å². The number of fused-ring (bicyclic) bond motifs is 1. The van der Waals surface area contributed by atoms with Crippen LogP contribution in [0.1, 0.15) is 33.9 Å². The van der Waals surface area contributed by atoms with E-state index in [-0.39, 0.29) is 17.7 Å². The van der Waals surface area contributed by atoms with Crippen molar-refractivity contribution in [1.82, 2.24) is 5.01 Å². The quantitative estimate of drug-likeness (QED) is 0.498. The number of hydrogen-bond donors (Lipinski definition) is 1. The molecule has 1 unspecified atom stereocenters. The van der Waals surface area contributed by atoms with Gasteiger partial charge in [-0.1, -0.05) is 78.9 Å². The molecule has 1 aliphatic rings. The summed E-state index contributed by atoms with van der Waals surface area (Å²) < 4.78 is 0. The molecule has 0 radical (unpaired) electrons. The van der Waals surface area contributed by atoms with Crippen LogP contribution in [0.4, 0.5) is 0 Å². The fourth-order valence-corrected chi connectivity index (χ4v) is 4.00. The van der Waals surface area contributed by atoms with Gasteiger partial charge in [0.2, 0.25) is 0 Å². The third-order valence-corrected chi connectivity index (χ3v) is 5.54. The van der Waals surface area contributed by atoms with Crippen molar-refractivity contribution in [3.8, 4) is 5.75 Å². The maximum atomic E-state index is 13.3. The predicted molar refractivity (Wildman–Crippen MR) is 119 cm³/mol. The van der Waals surface area contributed by atoms with E-state index in [4.69, 9.17) is 5.10 Å². The Bertz CT molecular complexity index is 1250. The van der Waals surface area contributed by atoms with Gasteiger partial charge in [0, 0.05) is 22.9 Å². The van der Waals surface area contributed by atoms with E-state index in [1.54, 1.807) is 17.1 Å². The minimum Gasteiger partial charge on any atom is -0.507 e. The zero-order valence-electron chi connectivity index (χ0n) is 16.3. The van der Waals surface area contributed by atoms with Gasteiger partial charge in [-0.25, -0.2) is 5.01 Å². The summed E-state index contributed by atoms with van der Waals surface area (Å²) in [4.78, 5) is 13.3. The van der Waals surface area contributed by atoms with Crippen LogP contribution in [0.5, 0.6) is 5.75 Å². The molecule has 0 bridgehead atoms. The second-order valence-corrected chi connectivity index (χ2v) is 7.38. The zero-order valence-corrected chi connectivity index (χ0v) is 16.3. The van der Waals surface area contributed by atoms with Crippen LogP contribution in [0.15, 0.2) is 102 Å². The van der Waals surface area contributed by atoms with E-state index in [1.807, 2.05) is 84.9 Å². The van der Waals surface area contributed by atoms with Crippen LogP contribution in [0.3, 0.4) is 0 Å². The number of rotatable bonds is 3. The van der Waals surface area contributed by atoms with Gasteiger partial charge >= 0.3 is 0 Å². The summed E-state index contributed by atoms with van der Waals surface area (Å²) in [6.45, 7) is 0. The van der Waals surface area contributed by atoms with Crippen LogP contribution in [0.2, 0.25) is 0 Å². The highest BCUT2D eigenvalue weighted by Gasteiger charge is 2.34. The number of amides is 1. The highest BCUT2D eigenvalue weighted by atomic mass is 16.3. The van der Waals surface area contributed by atoms with E-state index in [0.717, 1.165) is 16.3 Å². The van der Waals surface area contributed by atoms with Gasteiger partial charge in [0.1, 0.15) is 5.75 Å². The molecule has 5 rings (SSSR count). The second-order valence-electron chi connectivity index (χ2n) is 7.38. The number of carbonyl (C=O) groups is 1. The standard InChI is InChI=1S/C26H20N2O2/c29-25-21-14-8-7-9-18(21)15-16-22(25)23-17-24(19-10-3-1-4-11-19)28(27-23)26(30)20-12-5-2-6-13-20/h1-16,24,29H,17H2. The van der Waals surface area contributed by atoms with Crippen molar-refractivity contribution < 1.29 is 9.90 Å². The summed E-state index contributed by atoms with van der Waals surface area (Å²) in [6.07, 6.45) is 0.536. The Balaban J connectivity index is 1.60. The first kappa shape index (κ1) is 18.1. The molecule has 0 fully saturated rings. The number of phenols is 1. The van der Waals surface area contributed by atoms with E-state index in [0.29, 0.717) is 23.3 Å². The summed E-state index contributed by atoms with van der Waals surface area (Å²) in [5.41, 5.74) is 2.97. The van der Waals surface area contributed by atoms with E-state index in [1.165, 1.54) is 0 Å². The van der Waals surface area contributed by atoms with Crippen LogP contribution in [-0.2, 0) is 0 Å². The molecular weight excluding hydrogens is 372 g/mol. The molecule has 0 aromatic heterocycles. The van der Waals surface area contributed by atoms with Crippen molar-refractivity contribution in [2.45, 2.75) is 12.5 Å². The van der Waals surface area contributed by atoms with E-state index in [2.05, 4.69) is 0 Å². The summed E-state index contributed by atoms with van der Waals surface area (Å²) in [5, 5.41) is 18.9. The molecular formula is C26H20N2O2. The number of benzene rings is 4. The topological polar surface area (TPSA) is 52.9 Å². The van der Waals surface area contributed by atoms with Crippen molar-refractivity contribution in [1.29, 1.82) is 0 Å². The van der Waals surface area contributed by atoms with Gasteiger partial charge < -0.3 is 5.11 Å². The third-order valence-electron chi connectivity index (χ3n) is 5.54. The van der Waals surface area contributed by atoms with Gasteiger partial charge in [0.15, 0.2) is 0 Å². The van der Waals surface area contributed by atoms with Gasteiger partial charge in [-0.3, -0.25) is 4.79 Å². The first-order valence-electron chi connectivity index (χ1n) is 9.94. The summed E-state index contributed by atoms with van der Waals surface area (Å²) in [7, 11) is 0. The lowest BCUT2D eigenvalue weighted by molar-refractivity contribution is 0.0711. The van der Waals surface area contributed by atoms with Gasteiger partial charge in [-0.05, 0) is 29.1 Å². The Labute approximate surface area is 174 Å². The Morgan fingerprint density at radius 3 is 2.27 bits per heavy atom. The Hall–Kier alpha value is -3.92. The number of hydrogen-bond acceptors (Lipinski definition) is 3. The summed E-state index contributed by atoms with van der Waals surface area (Å²) >= 11 is 0. The number of carbonyl (C=O) groups excluding carboxylic acids is 1. The fourth-order valence-electron chi connectivity index (χ4n) is 4.00. The number of nitrogens with zero attached hydrogens (tertiary/aromatic N) is 2. The van der Waals surface area contributed by atoms with Crippen molar-refractivity contribution in [2.24, 2.45) is 5.10 Å². The first-order valence-corrected chi connectivity index (χ1v) is 9.94. The van der Waals surface area contributed by atoms with Crippen molar-refractivity contribution in [3.63, 3.8) is 0 Å². The lowest BCUT2D eigenvalue weighted by Crippen LogP contribution is -2.27. The molecule has 1 amide bonds. The minimum atomic E-state index is -0.222. The molecule has 4 heteroatoms. The molecule has 0 aliphatic carbocycles. The number of phenolic OH excluding ortho intramolecular Hbond substituents is 1. The smallest absolute Gasteiger partial charge is 0.274 e. The molecule has 4 aromatic carbocycles. The molecule has 1 heterocycles. The van der Waals surface area contributed by atoms with Gasteiger partial charge in [0.05, 0.1) is 11.8 Å². The lowest BCUT2D eigenvalue weighted by atomic mass is 9.96.